The van der Waals surface area contributed by atoms with E-state index in [0.717, 1.165) is 35.8 Å². The topological polar surface area (TPSA) is 73.4 Å². The van der Waals surface area contributed by atoms with Crippen molar-refractivity contribution in [2.45, 2.75) is 38.6 Å². The molecule has 38 heavy (non-hydrogen) atoms. The zero-order chi connectivity index (χ0) is 27.1. The van der Waals surface area contributed by atoms with Gasteiger partial charge in [0.05, 0.1) is 11.9 Å². The van der Waals surface area contributed by atoms with E-state index in [1.165, 1.54) is 36.9 Å². The van der Waals surface area contributed by atoms with E-state index in [1.54, 1.807) is 19.5 Å². The molecule has 0 atom stereocenters. The number of benzene rings is 2. The average Bonchev–Trinajstić information content (AvgIpc) is 2.85. The van der Waals surface area contributed by atoms with Gasteiger partial charge >= 0.3 is 0 Å². The molecule has 1 saturated carbocycles. The van der Waals surface area contributed by atoms with Crippen LogP contribution in [0.25, 0.3) is 0 Å². The maximum Gasteiger partial charge on any atom is 0.229 e. The van der Waals surface area contributed by atoms with Crippen LogP contribution in [0.1, 0.15) is 31.2 Å². The van der Waals surface area contributed by atoms with Crippen LogP contribution in [-0.4, -0.2) is 61.4 Å². The highest BCUT2D eigenvalue weighted by Gasteiger charge is 2.45. The molecule has 5 rings (SSSR count). The largest absolute Gasteiger partial charge is 0.370 e. The molecular weight excluding hydrogens is 515 g/mol. The van der Waals surface area contributed by atoms with Gasteiger partial charge < -0.3 is 25.0 Å². The van der Waals surface area contributed by atoms with Crippen LogP contribution in [0.4, 0.5) is 28.8 Å². The smallest absolute Gasteiger partial charge is 0.229 e. The summed E-state index contributed by atoms with van der Waals surface area (Å²) in [6.45, 7) is 7.97. The molecule has 1 aliphatic heterocycles. The van der Waals surface area contributed by atoms with E-state index in [-0.39, 0.29) is 0 Å². The van der Waals surface area contributed by atoms with Gasteiger partial charge in [-0.2, -0.15) is 4.98 Å². The summed E-state index contributed by atoms with van der Waals surface area (Å²) >= 11 is 6.41. The number of nitrogens with one attached hydrogen (secondary N) is 2. The number of aromatic nitrogens is 2. The van der Waals surface area contributed by atoms with E-state index in [4.69, 9.17) is 11.6 Å². The highest BCUT2D eigenvalue weighted by atomic mass is 35.5. The Hall–Kier alpha value is -2.60. The second kappa shape index (κ2) is 10.5. The van der Waals surface area contributed by atoms with E-state index in [1.807, 2.05) is 24.3 Å². The Morgan fingerprint density at radius 3 is 2.45 bits per heavy atom. The van der Waals surface area contributed by atoms with Gasteiger partial charge in [-0.3, -0.25) is 0 Å². The first kappa shape index (κ1) is 27.0. The van der Waals surface area contributed by atoms with Gasteiger partial charge in [0, 0.05) is 41.2 Å². The third kappa shape index (κ3) is 5.70. The van der Waals surface area contributed by atoms with Crippen molar-refractivity contribution in [2.24, 2.45) is 5.41 Å². The van der Waals surface area contributed by atoms with Gasteiger partial charge in [0.2, 0.25) is 5.95 Å². The zero-order valence-corrected chi connectivity index (χ0v) is 24.6. The summed E-state index contributed by atoms with van der Waals surface area (Å²) in [6, 6.07) is 14.7. The first-order valence-corrected chi connectivity index (χ1v) is 16.2. The molecule has 1 saturated heterocycles. The number of aryl methyl sites for hydroxylation is 1. The highest BCUT2D eigenvalue weighted by Crippen LogP contribution is 2.47. The molecule has 2 N–H and O–H groups in total. The van der Waals surface area contributed by atoms with Crippen molar-refractivity contribution in [3.05, 3.63) is 59.2 Å². The summed E-state index contributed by atoms with van der Waals surface area (Å²) in [7, 11) is 1.93. The number of halogens is 1. The molecule has 1 aliphatic carbocycles. The zero-order valence-electron chi connectivity index (χ0n) is 23.0. The predicted octanol–water partition coefficient (Wildman–Crippen LogP) is 6.48. The van der Waals surface area contributed by atoms with E-state index in [0.29, 0.717) is 22.2 Å². The number of anilines is 5. The van der Waals surface area contributed by atoms with Crippen LogP contribution in [0.3, 0.4) is 0 Å². The van der Waals surface area contributed by atoms with E-state index >= 15 is 0 Å². The minimum atomic E-state index is -2.48. The van der Waals surface area contributed by atoms with Crippen LogP contribution in [0, 0.1) is 12.3 Å². The minimum Gasteiger partial charge on any atom is -0.370 e. The molecule has 0 unspecified atom stereocenters. The Labute approximate surface area is 231 Å². The third-order valence-corrected chi connectivity index (χ3v) is 9.90. The van der Waals surface area contributed by atoms with Crippen molar-refractivity contribution in [3.8, 4) is 0 Å². The van der Waals surface area contributed by atoms with Gasteiger partial charge in [-0.05, 0) is 95.9 Å². The van der Waals surface area contributed by atoms with E-state index < -0.39 is 7.14 Å². The highest BCUT2D eigenvalue weighted by molar-refractivity contribution is 7.70. The summed E-state index contributed by atoms with van der Waals surface area (Å²) < 4.78 is 12.8. The van der Waals surface area contributed by atoms with E-state index in [2.05, 4.69) is 69.6 Å². The predicted molar refractivity (Wildman–Crippen MR) is 161 cm³/mol. The van der Waals surface area contributed by atoms with Crippen molar-refractivity contribution >= 4 is 52.9 Å². The van der Waals surface area contributed by atoms with Gasteiger partial charge in [0.1, 0.15) is 12.2 Å². The summed E-state index contributed by atoms with van der Waals surface area (Å²) in [5, 5.41) is 7.73. The first-order chi connectivity index (χ1) is 18.0. The summed E-state index contributed by atoms with van der Waals surface area (Å²) in [5.74, 6) is 0.909. The quantitative estimate of drug-likeness (QED) is 0.325. The SMILES string of the molecule is Cc1cc(Nc2ncc(Cl)c(Nc3ccccc3P(C)(C)=O)n2)ccc1N1CC2(CCC(N(C)C)CC2)C1. The lowest BCUT2D eigenvalue weighted by molar-refractivity contribution is 0.0887. The molecule has 3 aromatic rings. The molecular formula is C29H38ClN6OP. The van der Waals surface area contributed by atoms with Crippen molar-refractivity contribution in [1.29, 1.82) is 0 Å². The second-order valence-corrected chi connectivity index (χ2v) is 15.2. The molecule has 202 valence electrons. The Morgan fingerprint density at radius 2 is 1.79 bits per heavy atom. The normalized spacial score (nSPS) is 17.5. The van der Waals surface area contributed by atoms with E-state index in [9.17, 15) is 4.57 Å². The Morgan fingerprint density at radius 1 is 1.08 bits per heavy atom. The van der Waals surface area contributed by atoms with Gasteiger partial charge in [-0.1, -0.05) is 23.7 Å². The van der Waals surface area contributed by atoms with Crippen molar-refractivity contribution < 1.29 is 4.57 Å². The summed E-state index contributed by atoms with van der Waals surface area (Å²) in [5.41, 5.74) is 4.69. The first-order valence-electron chi connectivity index (χ1n) is 13.3. The Balaban J connectivity index is 1.26. The van der Waals surface area contributed by atoms with Gasteiger partial charge in [0.15, 0.2) is 5.82 Å². The molecule has 0 radical (unpaired) electrons. The number of hydrogen-bond acceptors (Lipinski definition) is 7. The van der Waals surface area contributed by atoms with Gasteiger partial charge in [-0.25, -0.2) is 4.98 Å². The maximum atomic E-state index is 12.8. The maximum absolute atomic E-state index is 12.8. The second-order valence-electron chi connectivity index (χ2n) is 11.6. The average molecular weight is 553 g/mol. The van der Waals surface area contributed by atoms with Crippen molar-refractivity contribution in [3.63, 3.8) is 0 Å². The van der Waals surface area contributed by atoms with Gasteiger partial charge in [0.25, 0.3) is 0 Å². The Kier molecular flexibility index (Phi) is 7.47. The minimum absolute atomic E-state index is 0.394. The van der Waals surface area contributed by atoms with Crippen LogP contribution in [0.2, 0.25) is 5.02 Å². The molecule has 1 aromatic heterocycles. The molecule has 9 heteroatoms. The fourth-order valence-electron chi connectivity index (χ4n) is 5.89. The lowest BCUT2D eigenvalue weighted by Gasteiger charge is -2.55. The molecule has 7 nitrogen and oxygen atoms in total. The molecule has 2 aromatic carbocycles. The van der Waals surface area contributed by atoms with Crippen LogP contribution >= 0.6 is 18.7 Å². The lowest BCUT2D eigenvalue weighted by Crippen LogP contribution is -2.59. The molecule has 2 heterocycles. The lowest BCUT2D eigenvalue weighted by atomic mass is 9.67. The molecule has 2 fully saturated rings. The summed E-state index contributed by atoms with van der Waals surface area (Å²) in [4.78, 5) is 13.9. The van der Waals surface area contributed by atoms with Crippen molar-refractivity contribution in [2.75, 3.05) is 56.0 Å². The van der Waals surface area contributed by atoms with Crippen molar-refractivity contribution in [1.82, 2.24) is 14.9 Å². The molecule has 0 bridgehead atoms. The molecule has 2 aliphatic rings. The number of hydrogen-bond donors (Lipinski definition) is 2. The third-order valence-electron chi connectivity index (χ3n) is 8.07. The Bertz CT molecular complexity index is 1360. The summed E-state index contributed by atoms with van der Waals surface area (Å²) in [6.07, 6.45) is 6.84. The monoisotopic (exact) mass is 552 g/mol. The van der Waals surface area contributed by atoms with Crippen LogP contribution in [-0.2, 0) is 4.57 Å². The number of nitrogens with zero attached hydrogens (tertiary/aromatic N) is 4. The fourth-order valence-corrected chi connectivity index (χ4v) is 7.18. The molecule has 0 amide bonds. The fraction of sp³-hybridized carbons (Fsp3) is 0.448. The number of para-hydroxylation sites is 1. The van der Waals surface area contributed by atoms with Crippen LogP contribution < -0.4 is 20.8 Å². The number of rotatable bonds is 7. The standard InChI is InChI=1S/C29H38ClN6OP/c1-20-16-21(10-11-25(20)36-18-29(19-36)14-12-22(13-15-29)35(2)3)32-28-31-17-23(30)27(34-28)33-24-8-6-7-9-26(24)38(4,5)37/h6-11,16-17,22H,12-15,18-19H2,1-5H3,(H2,31,32,33,34). The molecule has 1 spiro atoms. The van der Waals surface area contributed by atoms with Crippen LogP contribution in [0.15, 0.2) is 48.7 Å². The van der Waals surface area contributed by atoms with Crippen LogP contribution in [0.5, 0.6) is 0 Å². The van der Waals surface area contributed by atoms with Gasteiger partial charge in [-0.15, -0.1) is 0 Å².